The molecule has 1 N–H and O–H groups in total. The summed E-state index contributed by atoms with van der Waals surface area (Å²) >= 11 is 0. The van der Waals surface area contributed by atoms with E-state index in [9.17, 15) is 18.0 Å². The van der Waals surface area contributed by atoms with Crippen molar-refractivity contribution >= 4 is 28.1 Å². The van der Waals surface area contributed by atoms with Crippen molar-refractivity contribution in [2.75, 3.05) is 38.5 Å². The summed E-state index contributed by atoms with van der Waals surface area (Å²) in [4.78, 5) is 22.0. The molecule has 1 aliphatic heterocycles. The van der Waals surface area contributed by atoms with Gasteiger partial charge in [0.2, 0.25) is 0 Å². The molecule has 0 saturated carbocycles. The Labute approximate surface area is 250 Å². The molecular formula is C34H38F3N5O. The molecule has 5 rings (SSSR count). The van der Waals surface area contributed by atoms with Crippen molar-refractivity contribution in [2.24, 2.45) is 0 Å². The molecule has 9 heteroatoms. The van der Waals surface area contributed by atoms with E-state index in [2.05, 4.69) is 52.5 Å². The Balaban J connectivity index is 1.39. The summed E-state index contributed by atoms with van der Waals surface area (Å²) in [6.45, 7) is 13.9. The van der Waals surface area contributed by atoms with Gasteiger partial charge in [-0.15, -0.1) is 0 Å². The minimum atomic E-state index is -4.54. The lowest BCUT2D eigenvalue weighted by Crippen LogP contribution is -2.44. The molecule has 1 atom stereocenters. The highest BCUT2D eigenvalue weighted by atomic mass is 19.4. The van der Waals surface area contributed by atoms with Crippen LogP contribution < -0.4 is 5.32 Å². The van der Waals surface area contributed by atoms with Crippen LogP contribution in [0.5, 0.6) is 0 Å². The number of rotatable bonds is 8. The summed E-state index contributed by atoms with van der Waals surface area (Å²) < 4.78 is 44.4. The molecule has 1 unspecified atom stereocenters. The molecule has 0 spiro atoms. The lowest BCUT2D eigenvalue weighted by Gasteiger charge is -2.33. The molecule has 0 radical (unpaired) electrons. The first kappa shape index (κ1) is 30.5. The lowest BCUT2D eigenvalue weighted by molar-refractivity contribution is -0.138. The predicted molar refractivity (Wildman–Crippen MR) is 166 cm³/mol. The number of anilines is 1. The van der Waals surface area contributed by atoms with Crippen LogP contribution in [-0.2, 0) is 12.7 Å². The third-order valence-electron chi connectivity index (χ3n) is 8.53. The predicted octanol–water partition coefficient (Wildman–Crippen LogP) is 7.40. The zero-order chi connectivity index (χ0) is 30.9. The zero-order valence-electron chi connectivity index (χ0n) is 25.1. The third-order valence-corrected chi connectivity index (χ3v) is 8.53. The number of aromatic nitrogens is 2. The van der Waals surface area contributed by atoms with Crippen LogP contribution in [0.2, 0.25) is 0 Å². The maximum Gasteiger partial charge on any atom is 0.416 e. The number of hydrogen-bond acceptors (Lipinski definition) is 4. The van der Waals surface area contributed by atoms with Gasteiger partial charge in [0.1, 0.15) is 0 Å². The van der Waals surface area contributed by atoms with Crippen LogP contribution in [0.1, 0.15) is 64.5 Å². The summed E-state index contributed by atoms with van der Waals surface area (Å²) in [6, 6.07) is 11.7. The van der Waals surface area contributed by atoms with Crippen LogP contribution in [-0.4, -0.2) is 58.5 Å². The fourth-order valence-electron chi connectivity index (χ4n) is 5.64. The first-order valence-electron chi connectivity index (χ1n) is 14.6. The number of pyridine rings is 1. The number of nitrogens with one attached hydrogen (secondary N) is 1. The minimum Gasteiger partial charge on any atom is -0.343 e. The second-order valence-electron chi connectivity index (χ2n) is 11.5. The maximum absolute atomic E-state index is 14.1. The number of piperazine rings is 1. The Morgan fingerprint density at radius 2 is 1.79 bits per heavy atom. The highest BCUT2D eigenvalue weighted by Gasteiger charge is 2.34. The van der Waals surface area contributed by atoms with Crippen molar-refractivity contribution in [2.45, 2.75) is 46.0 Å². The molecule has 3 heterocycles. The molecular weight excluding hydrogens is 551 g/mol. The quantitative estimate of drug-likeness (QED) is 0.233. The lowest BCUT2D eigenvalue weighted by atomic mass is 9.93. The Kier molecular flexibility index (Phi) is 8.76. The fraction of sp³-hybridized carbons (Fsp3) is 0.353. The molecule has 0 bridgehead atoms. The first-order chi connectivity index (χ1) is 20.5. The maximum atomic E-state index is 14.1. The monoisotopic (exact) mass is 589 g/mol. The average molecular weight is 590 g/mol. The van der Waals surface area contributed by atoms with Crippen LogP contribution in [0.4, 0.5) is 18.9 Å². The van der Waals surface area contributed by atoms with Gasteiger partial charge in [0, 0.05) is 73.4 Å². The summed E-state index contributed by atoms with van der Waals surface area (Å²) in [6.07, 6.45) is 2.12. The van der Waals surface area contributed by atoms with E-state index in [0.29, 0.717) is 24.7 Å². The number of amides is 1. The summed E-state index contributed by atoms with van der Waals surface area (Å²) in [5.41, 5.74) is 4.20. The largest absolute Gasteiger partial charge is 0.416 e. The smallest absolute Gasteiger partial charge is 0.343 e. The van der Waals surface area contributed by atoms with Gasteiger partial charge in [-0.25, -0.2) is 0 Å². The SMILES string of the molecule is C=C(c1cc(C(=O)Nc2ccc(CN3CCN(C)CC3)c(C(F)(F)F)c2)ccc1C)c1cncc2c1ccn2C(C)CC. The highest BCUT2D eigenvalue weighted by molar-refractivity contribution is 6.05. The number of carbonyl (C=O) groups is 1. The highest BCUT2D eigenvalue weighted by Crippen LogP contribution is 2.35. The number of halogens is 3. The number of benzene rings is 2. The topological polar surface area (TPSA) is 53.4 Å². The van der Waals surface area contributed by atoms with Gasteiger partial charge < -0.3 is 14.8 Å². The van der Waals surface area contributed by atoms with E-state index in [1.54, 1.807) is 24.4 Å². The van der Waals surface area contributed by atoms with Crippen molar-refractivity contribution in [3.05, 3.63) is 101 Å². The Morgan fingerprint density at radius 3 is 2.49 bits per heavy atom. The van der Waals surface area contributed by atoms with Crippen molar-refractivity contribution in [3.8, 4) is 0 Å². The number of carbonyl (C=O) groups excluding carboxylic acids is 1. The standard InChI is InChI=1S/C34H38F3N5O/c1-6-23(3)42-12-11-28-30(19-38-20-32(28)42)24(4)29-17-25(8-7-22(29)2)33(43)39-27-10-9-26(31(18-27)34(35,36)37)21-41-15-13-40(5)14-16-41/h7-12,17-20,23H,4,6,13-16,21H2,1-3,5H3,(H,39,43). The van der Waals surface area contributed by atoms with E-state index < -0.39 is 17.6 Å². The van der Waals surface area contributed by atoms with Gasteiger partial charge in [-0.3, -0.25) is 14.7 Å². The van der Waals surface area contributed by atoms with Crippen molar-refractivity contribution in [3.63, 3.8) is 0 Å². The van der Waals surface area contributed by atoms with Crippen LogP contribution in [0.15, 0.2) is 67.6 Å². The van der Waals surface area contributed by atoms with E-state index in [0.717, 1.165) is 58.7 Å². The molecule has 43 heavy (non-hydrogen) atoms. The Hall–Kier alpha value is -3.95. The van der Waals surface area contributed by atoms with E-state index in [4.69, 9.17) is 0 Å². The second-order valence-corrected chi connectivity index (χ2v) is 11.5. The number of hydrogen-bond donors (Lipinski definition) is 1. The molecule has 2 aromatic carbocycles. The number of alkyl halides is 3. The van der Waals surface area contributed by atoms with Gasteiger partial charge in [0.15, 0.2) is 0 Å². The fourth-order valence-corrected chi connectivity index (χ4v) is 5.64. The first-order valence-corrected chi connectivity index (χ1v) is 14.6. The van der Waals surface area contributed by atoms with E-state index in [1.807, 2.05) is 31.1 Å². The van der Waals surface area contributed by atoms with Gasteiger partial charge in [-0.2, -0.15) is 13.2 Å². The third kappa shape index (κ3) is 6.53. The number of fused-ring (bicyclic) bond motifs is 1. The summed E-state index contributed by atoms with van der Waals surface area (Å²) in [5.74, 6) is -0.492. The summed E-state index contributed by atoms with van der Waals surface area (Å²) in [5, 5.41) is 3.70. The molecule has 1 aliphatic rings. The van der Waals surface area contributed by atoms with Gasteiger partial charge >= 0.3 is 6.18 Å². The number of likely N-dealkylation sites (N-methyl/N-ethyl adjacent to an activating group) is 1. The average Bonchev–Trinajstić information content (AvgIpc) is 3.42. The van der Waals surface area contributed by atoms with Gasteiger partial charge in [-0.05, 0) is 79.9 Å². The molecule has 1 fully saturated rings. The van der Waals surface area contributed by atoms with Crippen LogP contribution in [0.25, 0.3) is 16.5 Å². The van der Waals surface area contributed by atoms with Gasteiger partial charge in [-0.1, -0.05) is 25.6 Å². The zero-order valence-corrected chi connectivity index (χ0v) is 25.1. The van der Waals surface area contributed by atoms with Gasteiger partial charge in [0.25, 0.3) is 5.91 Å². The minimum absolute atomic E-state index is 0.0979. The van der Waals surface area contributed by atoms with E-state index in [-0.39, 0.29) is 17.8 Å². The van der Waals surface area contributed by atoms with Crippen molar-refractivity contribution in [1.29, 1.82) is 0 Å². The number of nitrogens with zero attached hydrogens (tertiary/aromatic N) is 4. The Bertz CT molecular complexity index is 1650. The molecule has 4 aromatic rings. The second kappa shape index (κ2) is 12.3. The molecule has 0 aliphatic carbocycles. The van der Waals surface area contributed by atoms with Crippen molar-refractivity contribution < 1.29 is 18.0 Å². The van der Waals surface area contributed by atoms with Crippen LogP contribution >= 0.6 is 0 Å². The van der Waals surface area contributed by atoms with E-state index >= 15 is 0 Å². The molecule has 1 saturated heterocycles. The molecule has 226 valence electrons. The van der Waals surface area contributed by atoms with E-state index in [1.165, 1.54) is 6.07 Å². The Morgan fingerprint density at radius 1 is 1.05 bits per heavy atom. The number of aryl methyl sites for hydroxylation is 1. The molecule has 1 amide bonds. The van der Waals surface area contributed by atoms with Crippen LogP contribution in [0, 0.1) is 6.92 Å². The van der Waals surface area contributed by atoms with Gasteiger partial charge in [0.05, 0.1) is 17.3 Å². The van der Waals surface area contributed by atoms with Crippen molar-refractivity contribution in [1.82, 2.24) is 19.4 Å². The van der Waals surface area contributed by atoms with Crippen LogP contribution in [0.3, 0.4) is 0 Å². The molecule has 2 aromatic heterocycles. The molecule has 6 nitrogen and oxygen atoms in total. The summed E-state index contributed by atoms with van der Waals surface area (Å²) in [7, 11) is 2.01. The normalized spacial score (nSPS) is 15.5.